The highest BCUT2D eigenvalue weighted by molar-refractivity contribution is 5.88. The zero-order valence-electron chi connectivity index (χ0n) is 16.9. The molecular formula is C23H25NO6. The van der Waals surface area contributed by atoms with Crippen LogP contribution in [0.1, 0.15) is 35.6 Å². The molecule has 0 unspecified atom stereocenters. The Hall–Kier alpha value is -2.84. The van der Waals surface area contributed by atoms with Crippen LogP contribution < -0.4 is 0 Å². The lowest BCUT2D eigenvalue weighted by molar-refractivity contribution is -0.166. The fourth-order valence-corrected chi connectivity index (χ4v) is 3.06. The summed E-state index contributed by atoms with van der Waals surface area (Å²) in [6.07, 6.45) is -1.48. The van der Waals surface area contributed by atoms with Gasteiger partial charge < -0.3 is 24.6 Å². The van der Waals surface area contributed by atoms with Crippen molar-refractivity contribution in [3.8, 4) is 11.1 Å². The van der Waals surface area contributed by atoms with Gasteiger partial charge in [0.1, 0.15) is 25.0 Å². The maximum atomic E-state index is 12.4. The lowest BCUT2D eigenvalue weighted by atomic mass is 9.91. The van der Waals surface area contributed by atoms with Crippen molar-refractivity contribution < 1.29 is 29.4 Å². The number of nitrogens with zero attached hydrogens (tertiary/aromatic N) is 1. The molecule has 0 saturated heterocycles. The number of rotatable bonds is 9. The molecule has 7 nitrogen and oxygen atoms in total. The quantitative estimate of drug-likeness (QED) is 0.496. The van der Waals surface area contributed by atoms with Gasteiger partial charge in [-0.1, -0.05) is 59.3 Å². The summed E-state index contributed by atoms with van der Waals surface area (Å²) in [6, 6.07) is 17.2. The number of aliphatic hydroxyl groups excluding tert-OH is 3. The summed E-state index contributed by atoms with van der Waals surface area (Å²) in [5.41, 5.74) is 2.42. The molecule has 1 aromatic heterocycles. The van der Waals surface area contributed by atoms with Crippen LogP contribution in [0.25, 0.3) is 11.1 Å². The number of carbonyl (C=O) groups is 1. The van der Waals surface area contributed by atoms with E-state index >= 15 is 0 Å². The number of benzene rings is 2. The number of Topliss-reactive ketones (excluding diaryl/α,β-unsaturated/α-hetero) is 1. The van der Waals surface area contributed by atoms with Crippen molar-refractivity contribution in [2.75, 3.05) is 6.61 Å². The second kappa shape index (κ2) is 9.32. The molecule has 3 N–H and O–H groups in total. The van der Waals surface area contributed by atoms with Crippen molar-refractivity contribution in [2.24, 2.45) is 0 Å². The molecule has 1 heterocycles. The summed E-state index contributed by atoms with van der Waals surface area (Å²) in [5, 5.41) is 32.8. The SMILES string of the molecule is Cc1ccc(-c2ccc(CO[C@](C)(C(=O)CO)[C@@H](O)c3cc(CO)on3)cc2)cc1. The van der Waals surface area contributed by atoms with E-state index in [9.17, 15) is 15.0 Å². The molecule has 0 bridgehead atoms. The van der Waals surface area contributed by atoms with Gasteiger partial charge in [0.2, 0.25) is 0 Å². The van der Waals surface area contributed by atoms with Gasteiger partial charge >= 0.3 is 0 Å². The van der Waals surface area contributed by atoms with Gasteiger partial charge in [0.15, 0.2) is 17.1 Å². The van der Waals surface area contributed by atoms with Crippen LogP contribution in [0.4, 0.5) is 0 Å². The van der Waals surface area contributed by atoms with Crippen LogP contribution in [0, 0.1) is 6.92 Å². The van der Waals surface area contributed by atoms with Gasteiger partial charge in [-0.3, -0.25) is 4.79 Å². The predicted octanol–water partition coefficient (Wildman–Crippen LogP) is 2.71. The molecule has 2 atom stereocenters. The van der Waals surface area contributed by atoms with E-state index in [2.05, 4.69) is 5.16 Å². The van der Waals surface area contributed by atoms with Gasteiger partial charge in [-0.15, -0.1) is 0 Å². The number of hydrogen-bond donors (Lipinski definition) is 3. The monoisotopic (exact) mass is 411 g/mol. The van der Waals surface area contributed by atoms with Crippen molar-refractivity contribution >= 4 is 5.78 Å². The summed E-state index contributed by atoms with van der Waals surface area (Å²) in [4.78, 5) is 12.4. The Morgan fingerprint density at radius 1 is 1.10 bits per heavy atom. The summed E-state index contributed by atoms with van der Waals surface area (Å²) >= 11 is 0. The van der Waals surface area contributed by atoms with Crippen LogP contribution in [0.3, 0.4) is 0 Å². The van der Waals surface area contributed by atoms with Crippen LogP contribution >= 0.6 is 0 Å². The third-order valence-electron chi connectivity index (χ3n) is 5.11. The fraction of sp³-hybridized carbons (Fsp3) is 0.304. The second-order valence-corrected chi connectivity index (χ2v) is 7.32. The normalized spacial score (nSPS) is 14.3. The van der Waals surface area contributed by atoms with E-state index in [0.29, 0.717) is 0 Å². The zero-order valence-corrected chi connectivity index (χ0v) is 16.9. The highest BCUT2D eigenvalue weighted by Crippen LogP contribution is 2.31. The first-order valence-electron chi connectivity index (χ1n) is 9.56. The molecule has 0 saturated carbocycles. The number of hydrogen-bond acceptors (Lipinski definition) is 7. The molecule has 30 heavy (non-hydrogen) atoms. The molecule has 3 aromatic rings. The number of ether oxygens (including phenoxy) is 1. The van der Waals surface area contributed by atoms with Crippen molar-refractivity contribution in [1.29, 1.82) is 0 Å². The van der Waals surface area contributed by atoms with Crippen LogP contribution in [0.15, 0.2) is 59.1 Å². The minimum absolute atomic E-state index is 0.0399. The predicted molar refractivity (Wildman–Crippen MR) is 109 cm³/mol. The third-order valence-corrected chi connectivity index (χ3v) is 5.11. The highest BCUT2D eigenvalue weighted by atomic mass is 16.5. The van der Waals surface area contributed by atoms with Crippen LogP contribution in [0.2, 0.25) is 0 Å². The summed E-state index contributed by atoms with van der Waals surface area (Å²) in [6.45, 7) is 2.28. The first-order valence-corrected chi connectivity index (χ1v) is 9.56. The van der Waals surface area contributed by atoms with E-state index in [1.54, 1.807) is 0 Å². The lowest BCUT2D eigenvalue weighted by Gasteiger charge is -2.31. The molecule has 3 rings (SSSR count). The Bertz CT molecular complexity index is 980. The molecule has 0 fully saturated rings. The number of carbonyl (C=O) groups excluding carboxylic acids is 1. The molecular weight excluding hydrogens is 386 g/mol. The van der Waals surface area contributed by atoms with E-state index in [0.717, 1.165) is 16.7 Å². The molecule has 0 amide bonds. The Balaban J connectivity index is 1.75. The zero-order chi connectivity index (χ0) is 21.7. The molecule has 0 aliphatic rings. The van der Waals surface area contributed by atoms with Gasteiger partial charge in [-0.05, 0) is 30.5 Å². The second-order valence-electron chi connectivity index (χ2n) is 7.32. The number of aromatic nitrogens is 1. The molecule has 0 spiro atoms. The fourth-order valence-electron chi connectivity index (χ4n) is 3.06. The Labute approximate surface area is 174 Å². The summed E-state index contributed by atoms with van der Waals surface area (Å²) < 4.78 is 10.7. The molecule has 0 radical (unpaired) electrons. The summed E-state index contributed by atoms with van der Waals surface area (Å²) in [7, 11) is 0. The van der Waals surface area contributed by atoms with E-state index in [4.69, 9.17) is 14.4 Å². The van der Waals surface area contributed by atoms with Crippen LogP contribution in [-0.2, 0) is 22.7 Å². The molecule has 158 valence electrons. The van der Waals surface area contributed by atoms with Crippen LogP contribution in [0.5, 0.6) is 0 Å². The number of aryl methyl sites for hydroxylation is 1. The Morgan fingerprint density at radius 3 is 2.23 bits per heavy atom. The van der Waals surface area contributed by atoms with Crippen molar-refractivity contribution in [3.05, 3.63) is 77.2 Å². The van der Waals surface area contributed by atoms with Gasteiger partial charge in [0, 0.05) is 6.07 Å². The van der Waals surface area contributed by atoms with Crippen molar-refractivity contribution in [3.63, 3.8) is 0 Å². The topological polar surface area (TPSA) is 113 Å². The average molecular weight is 411 g/mol. The van der Waals surface area contributed by atoms with E-state index in [1.807, 2.05) is 55.5 Å². The molecule has 0 aliphatic carbocycles. The van der Waals surface area contributed by atoms with Crippen molar-refractivity contribution in [1.82, 2.24) is 5.16 Å². The number of ketones is 1. The van der Waals surface area contributed by atoms with Crippen LogP contribution in [-0.4, -0.2) is 38.5 Å². The molecule has 2 aromatic carbocycles. The first kappa shape index (κ1) is 21.9. The van der Waals surface area contributed by atoms with Gasteiger partial charge in [0.25, 0.3) is 0 Å². The smallest absolute Gasteiger partial charge is 0.192 e. The molecule has 0 aliphatic heterocycles. The standard InChI is InChI=1S/C23H25NO6/c1-15-3-7-17(8-4-15)18-9-5-16(6-10-18)14-29-23(2,21(27)13-26)22(28)20-11-19(12-25)30-24-20/h3-11,22,25-26,28H,12-14H2,1-2H3/t22-,23+/m0/s1. The van der Waals surface area contributed by atoms with Crippen molar-refractivity contribution in [2.45, 2.75) is 38.8 Å². The maximum absolute atomic E-state index is 12.4. The minimum Gasteiger partial charge on any atom is -0.388 e. The van der Waals surface area contributed by atoms with Gasteiger partial charge in [-0.2, -0.15) is 0 Å². The Morgan fingerprint density at radius 2 is 1.70 bits per heavy atom. The number of aliphatic hydroxyl groups is 3. The average Bonchev–Trinajstić information content (AvgIpc) is 3.26. The van der Waals surface area contributed by atoms with E-state index < -0.39 is 30.7 Å². The third kappa shape index (κ3) is 4.66. The van der Waals surface area contributed by atoms with E-state index in [1.165, 1.54) is 18.6 Å². The largest absolute Gasteiger partial charge is 0.388 e. The minimum atomic E-state index is -1.74. The van der Waals surface area contributed by atoms with E-state index in [-0.39, 0.29) is 18.1 Å². The first-order chi connectivity index (χ1) is 14.4. The highest BCUT2D eigenvalue weighted by Gasteiger charge is 2.43. The lowest BCUT2D eigenvalue weighted by Crippen LogP contribution is -2.46. The van der Waals surface area contributed by atoms with Gasteiger partial charge in [-0.25, -0.2) is 0 Å². The Kier molecular flexibility index (Phi) is 6.79. The maximum Gasteiger partial charge on any atom is 0.192 e. The summed E-state index contributed by atoms with van der Waals surface area (Å²) in [5.74, 6) is -0.547. The molecule has 7 heteroatoms. The van der Waals surface area contributed by atoms with Gasteiger partial charge in [0.05, 0.1) is 6.61 Å².